The number of rotatable bonds is 35. The zero-order valence-corrected chi connectivity index (χ0v) is 33.6. The third-order valence-electron chi connectivity index (χ3n) is 10.3. The summed E-state index contributed by atoms with van der Waals surface area (Å²) in [4.78, 5) is 26.1. The summed E-state index contributed by atoms with van der Waals surface area (Å²) >= 11 is 1.09. The second-order valence-corrected chi connectivity index (χ2v) is 16.2. The number of carbonyl (C=O) groups excluding carboxylic acids is 2. The summed E-state index contributed by atoms with van der Waals surface area (Å²) in [6.07, 6.45) is 28.8. The Morgan fingerprint density at radius 2 is 1.00 bits per heavy atom. The first-order chi connectivity index (χ1) is 24.8. The van der Waals surface area contributed by atoms with Crippen LogP contribution in [0.5, 0.6) is 0 Å². The molecule has 51 heavy (non-hydrogen) atoms. The Balaban J connectivity index is 2.35. The van der Waals surface area contributed by atoms with Crippen LogP contribution < -0.4 is 10.6 Å². The standard InChI is InChI=1S/C41H80N2O7S/c1-3-5-7-9-11-13-15-17-18-19-20-22-24-26-28-30-36(45)43-34(33-51-41-39(48)38(47)37(46)35(32-44)50-41)40(49)42-31-29-27-25-23-21-16-14-12-10-8-6-4-2/h34-35,37-39,41,44,46-48H,3-33H2,1-2H3,(H,42,49)(H,43,45)/t34?,35-,37+,38+,39-,41+/m1/s1. The van der Waals surface area contributed by atoms with Crippen LogP contribution in [0.2, 0.25) is 0 Å². The molecule has 1 fully saturated rings. The monoisotopic (exact) mass is 745 g/mol. The minimum absolute atomic E-state index is 0.123. The first-order valence-corrected chi connectivity index (χ1v) is 22.4. The predicted octanol–water partition coefficient (Wildman–Crippen LogP) is 8.08. The molecule has 9 nitrogen and oxygen atoms in total. The van der Waals surface area contributed by atoms with Crippen LogP contribution in [-0.4, -0.2) is 87.0 Å². The van der Waals surface area contributed by atoms with Crippen LogP contribution in [0.25, 0.3) is 0 Å². The molecule has 1 unspecified atom stereocenters. The zero-order chi connectivity index (χ0) is 37.4. The van der Waals surface area contributed by atoms with Crippen molar-refractivity contribution in [1.29, 1.82) is 0 Å². The van der Waals surface area contributed by atoms with Gasteiger partial charge in [-0.25, -0.2) is 0 Å². The van der Waals surface area contributed by atoms with E-state index in [1.807, 2.05) is 0 Å². The lowest BCUT2D eigenvalue weighted by Gasteiger charge is -2.40. The van der Waals surface area contributed by atoms with Gasteiger partial charge in [0.05, 0.1) is 6.61 Å². The van der Waals surface area contributed by atoms with Gasteiger partial charge < -0.3 is 35.8 Å². The molecule has 2 amide bonds. The van der Waals surface area contributed by atoms with Crippen LogP contribution in [0.4, 0.5) is 0 Å². The molecule has 0 aromatic rings. The fourth-order valence-corrected chi connectivity index (χ4v) is 8.00. The van der Waals surface area contributed by atoms with Crippen LogP contribution in [-0.2, 0) is 14.3 Å². The number of aliphatic hydroxyl groups is 4. The molecule has 0 aromatic heterocycles. The maximum absolute atomic E-state index is 13.2. The van der Waals surface area contributed by atoms with Crippen molar-refractivity contribution in [3.8, 4) is 0 Å². The molecule has 1 aliphatic heterocycles. The fourth-order valence-electron chi connectivity index (χ4n) is 6.80. The summed E-state index contributed by atoms with van der Waals surface area (Å²) in [5.41, 5.74) is -0.959. The van der Waals surface area contributed by atoms with Gasteiger partial charge in [0.25, 0.3) is 0 Å². The van der Waals surface area contributed by atoms with Crippen molar-refractivity contribution in [2.45, 2.75) is 230 Å². The highest BCUT2D eigenvalue weighted by Crippen LogP contribution is 2.29. The number of hydrogen-bond acceptors (Lipinski definition) is 8. The Morgan fingerprint density at radius 3 is 1.43 bits per heavy atom. The SMILES string of the molecule is CCCCCCCCCCCCCCCCCC(=O)NC(CS[C@@H]1O[C@H](CO)[C@H](O)[C@H](O)[C@H]1O)C(=O)NCCCCCCCCCCCCCC. The maximum Gasteiger partial charge on any atom is 0.243 e. The number of hydrogen-bond donors (Lipinski definition) is 6. The molecule has 302 valence electrons. The number of amides is 2. The van der Waals surface area contributed by atoms with Crippen LogP contribution in [0.15, 0.2) is 0 Å². The van der Waals surface area contributed by atoms with E-state index in [4.69, 9.17) is 4.74 Å². The zero-order valence-electron chi connectivity index (χ0n) is 32.8. The molecular formula is C41H80N2O7S. The molecule has 1 saturated heterocycles. The summed E-state index contributed by atoms with van der Waals surface area (Å²) in [5.74, 6) is -0.331. The van der Waals surface area contributed by atoms with E-state index < -0.39 is 42.5 Å². The Labute approximate surface area is 316 Å². The van der Waals surface area contributed by atoms with Gasteiger partial charge in [-0.15, -0.1) is 11.8 Å². The van der Waals surface area contributed by atoms with Gasteiger partial charge in [-0.05, 0) is 12.8 Å². The second kappa shape index (κ2) is 33.6. The molecule has 6 N–H and O–H groups in total. The summed E-state index contributed by atoms with van der Waals surface area (Å²) in [6, 6.07) is -0.830. The van der Waals surface area contributed by atoms with E-state index in [0.717, 1.165) is 50.3 Å². The smallest absolute Gasteiger partial charge is 0.243 e. The lowest BCUT2D eigenvalue weighted by atomic mass is 10.0. The van der Waals surface area contributed by atoms with Crippen molar-refractivity contribution in [3.05, 3.63) is 0 Å². The van der Waals surface area contributed by atoms with Gasteiger partial charge in [0.1, 0.15) is 35.9 Å². The average Bonchev–Trinajstić information content (AvgIpc) is 3.13. The van der Waals surface area contributed by atoms with Gasteiger partial charge >= 0.3 is 0 Å². The number of nitrogens with one attached hydrogen (secondary N) is 2. The van der Waals surface area contributed by atoms with Crippen molar-refractivity contribution < 1.29 is 34.8 Å². The van der Waals surface area contributed by atoms with E-state index >= 15 is 0 Å². The summed E-state index contributed by atoms with van der Waals surface area (Å²) in [6.45, 7) is 4.53. The van der Waals surface area contributed by atoms with Crippen molar-refractivity contribution in [3.63, 3.8) is 0 Å². The Kier molecular flexibility index (Phi) is 31.7. The van der Waals surface area contributed by atoms with Crippen molar-refractivity contribution >= 4 is 23.6 Å². The topological polar surface area (TPSA) is 148 Å². The molecule has 0 spiro atoms. The molecule has 1 heterocycles. The van der Waals surface area contributed by atoms with E-state index in [2.05, 4.69) is 24.5 Å². The highest BCUT2D eigenvalue weighted by atomic mass is 32.2. The molecule has 10 heteroatoms. The molecule has 0 aromatic carbocycles. The van der Waals surface area contributed by atoms with Gasteiger partial charge in [-0.1, -0.05) is 174 Å². The number of thioether (sulfide) groups is 1. The van der Waals surface area contributed by atoms with Crippen molar-refractivity contribution in [1.82, 2.24) is 10.6 Å². The summed E-state index contributed by atoms with van der Waals surface area (Å²) in [7, 11) is 0. The molecular weight excluding hydrogens is 665 g/mol. The molecule has 1 aliphatic rings. The van der Waals surface area contributed by atoms with Crippen molar-refractivity contribution in [2.24, 2.45) is 0 Å². The minimum Gasteiger partial charge on any atom is -0.394 e. The number of unbranched alkanes of at least 4 members (excludes halogenated alkanes) is 25. The van der Waals surface area contributed by atoms with Gasteiger partial charge in [0.15, 0.2) is 0 Å². The lowest BCUT2D eigenvalue weighted by Crippen LogP contribution is -2.58. The molecule has 0 radical (unpaired) electrons. The molecule has 0 saturated carbocycles. The Bertz CT molecular complexity index is 821. The van der Waals surface area contributed by atoms with Crippen LogP contribution >= 0.6 is 11.8 Å². The van der Waals surface area contributed by atoms with Crippen LogP contribution in [0.1, 0.15) is 194 Å². The first kappa shape index (κ1) is 48.1. The fraction of sp³-hybridized carbons (Fsp3) is 0.951. The summed E-state index contributed by atoms with van der Waals surface area (Å²) in [5, 5.41) is 46.2. The van der Waals surface area contributed by atoms with Gasteiger partial charge in [-0.2, -0.15) is 0 Å². The number of ether oxygens (including phenoxy) is 1. The molecule has 1 rings (SSSR count). The average molecular weight is 745 g/mol. The summed E-state index contributed by atoms with van der Waals surface area (Å²) < 4.78 is 5.62. The lowest BCUT2D eigenvalue weighted by molar-refractivity contribution is -0.205. The second-order valence-electron chi connectivity index (χ2n) is 15.0. The number of aliphatic hydroxyl groups excluding tert-OH is 4. The van der Waals surface area contributed by atoms with E-state index in [-0.39, 0.29) is 17.6 Å². The van der Waals surface area contributed by atoms with E-state index in [1.165, 1.54) is 135 Å². The highest BCUT2D eigenvalue weighted by Gasteiger charge is 2.44. The van der Waals surface area contributed by atoms with Gasteiger partial charge in [0.2, 0.25) is 11.8 Å². The quantitative estimate of drug-likeness (QED) is 0.0357. The minimum atomic E-state index is -1.48. The largest absolute Gasteiger partial charge is 0.394 e. The Morgan fingerprint density at radius 1 is 0.588 bits per heavy atom. The normalized spacial score (nSPS) is 21.1. The van der Waals surface area contributed by atoms with E-state index in [1.54, 1.807) is 0 Å². The third kappa shape index (κ3) is 24.9. The van der Waals surface area contributed by atoms with Crippen LogP contribution in [0, 0.1) is 0 Å². The molecule has 6 atom stereocenters. The van der Waals surface area contributed by atoms with E-state index in [9.17, 15) is 30.0 Å². The molecule has 0 bridgehead atoms. The molecule has 0 aliphatic carbocycles. The maximum atomic E-state index is 13.2. The Hall–Kier alpha value is -0.910. The number of carbonyl (C=O) groups is 2. The third-order valence-corrected chi connectivity index (χ3v) is 11.5. The van der Waals surface area contributed by atoms with E-state index in [0.29, 0.717) is 13.0 Å². The van der Waals surface area contributed by atoms with Gasteiger partial charge in [-0.3, -0.25) is 9.59 Å². The van der Waals surface area contributed by atoms with Crippen molar-refractivity contribution in [2.75, 3.05) is 18.9 Å². The first-order valence-electron chi connectivity index (χ1n) is 21.3. The van der Waals surface area contributed by atoms with Gasteiger partial charge in [0, 0.05) is 18.7 Å². The predicted molar refractivity (Wildman–Crippen MR) is 212 cm³/mol. The highest BCUT2D eigenvalue weighted by molar-refractivity contribution is 7.99. The van der Waals surface area contributed by atoms with Crippen LogP contribution in [0.3, 0.4) is 0 Å².